The van der Waals surface area contributed by atoms with Crippen molar-refractivity contribution < 1.29 is 9.53 Å². The van der Waals surface area contributed by atoms with Crippen LogP contribution in [0.3, 0.4) is 0 Å². The number of carbonyl (C=O) groups excluding carboxylic acids is 1. The van der Waals surface area contributed by atoms with Gasteiger partial charge in [-0.1, -0.05) is 30.3 Å². The fourth-order valence-corrected chi connectivity index (χ4v) is 2.07. The Bertz CT molecular complexity index is 439. The average molecular weight is 244 g/mol. The van der Waals surface area contributed by atoms with Crippen LogP contribution in [-0.2, 0) is 16.1 Å². The minimum Gasteiger partial charge on any atom is -0.368 e. The van der Waals surface area contributed by atoms with E-state index in [0.717, 1.165) is 13.1 Å². The number of ether oxygens (including phenoxy) is 1. The molecule has 2 rings (SSSR count). The SMILES string of the molecule is N#CCC(=O)C1CN(Cc2ccccc2)CCO1. The van der Waals surface area contributed by atoms with Crippen molar-refractivity contribution in [1.29, 1.82) is 5.26 Å². The Morgan fingerprint density at radius 2 is 2.22 bits per heavy atom. The number of benzene rings is 1. The monoisotopic (exact) mass is 244 g/mol. The number of carbonyl (C=O) groups is 1. The van der Waals surface area contributed by atoms with E-state index in [1.165, 1.54) is 5.56 Å². The Morgan fingerprint density at radius 3 is 2.94 bits per heavy atom. The van der Waals surface area contributed by atoms with Gasteiger partial charge in [0.15, 0.2) is 5.78 Å². The van der Waals surface area contributed by atoms with Gasteiger partial charge in [-0.2, -0.15) is 5.26 Å². The molecule has 1 aromatic rings. The molecule has 0 N–H and O–H groups in total. The van der Waals surface area contributed by atoms with Crippen LogP contribution in [0.2, 0.25) is 0 Å². The standard InChI is InChI=1S/C14H16N2O2/c15-7-6-13(17)14-11-16(8-9-18-14)10-12-4-2-1-3-5-12/h1-5,14H,6,8-11H2. The predicted molar refractivity (Wildman–Crippen MR) is 66.7 cm³/mol. The molecule has 1 saturated heterocycles. The molecule has 1 aliphatic rings. The minimum absolute atomic E-state index is 0.0656. The number of hydrogen-bond acceptors (Lipinski definition) is 4. The lowest BCUT2D eigenvalue weighted by Crippen LogP contribution is -2.45. The second kappa shape index (κ2) is 6.29. The van der Waals surface area contributed by atoms with Crippen LogP contribution in [0.1, 0.15) is 12.0 Å². The number of rotatable bonds is 4. The maximum absolute atomic E-state index is 11.6. The summed E-state index contributed by atoms with van der Waals surface area (Å²) in [5.74, 6) is -0.115. The molecule has 1 unspecified atom stereocenters. The number of nitriles is 1. The number of ketones is 1. The lowest BCUT2D eigenvalue weighted by atomic mass is 10.1. The van der Waals surface area contributed by atoms with E-state index < -0.39 is 6.10 Å². The molecule has 18 heavy (non-hydrogen) atoms. The zero-order valence-corrected chi connectivity index (χ0v) is 10.2. The van der Waals surface area contributed by atoms with Crippen LogP contribution in [0.4, 0.5) is 0 Å². The van der Waals surface area contributed by atoms with Gasteiger partial charge in [-0.3, -0.25) is 9.69 Å². The topological polar surface area (TPSA) is 53.3 Å². The summed E-state index contributed by atoms with van der Waals surface area (Å²) in [5.41, 5.74) is 1.23. The molecule has 0 aliphatic carbocycles. The average Bonchev–Trinajstić information content (AvgIpc) is 2.40. The van der Waals surface area contributed by atoms with Crippen molar-refractivity contribution in [3.63, 3.8) is 0 Å². The smallest absolute Gasteiger partial charge is 0.176 e. The van der Waals surface area contributed by atoms with Gasteiger partial charge in [-0.15, -0.1) is 0 Å². The highest BCUT2D eigenvalue weighted by Gasteiger charge is 2.25. The normalized spacial score (nSPS) is 20.3. The molecule has 94 valence electrons. The Morgan fingerprint density at radius 1 is 1.44 bits per heavy atom. The van der Waals surface area contributed by atoms with E-state index in [9.17, 15) is 4.79 Å². The van der Waals surface area contributed by atoms with Gasteiger partial charge in [0.2, 0.25) is 0 Å². The molecule has 4 heteroatoms. The lowest BCUT2D eigenvalue weighted by Gasteiger charge is -2.31. The first-order valence-electron chi connectivity index (χ1n) is 6.07. The Labute approximate surface area is 107 Å². The van der Waals surface area contributed by atoms with Crippen molar-refractivity contribution >= 4 is 5.78 Å². The second-order valence-electron chi connectivity index (χ2n) is 4.38. The van der Waals surface area contributed by atoms with Crippen LogP contribution in [0.25, 0.3) is 0 Å². The van der Waals surface area contributed by atoms with E-state index in [4.69, 9.17) is 10.00 Å². The summed E-state index contributed by atoms with van der Waals surface area (Å²) in [4.78, 5) is 13.8. The van der Waals surface area contributed by atoms with Crippen LogP contribution < -0.4 is 0 Å². The van der Waals surface area contributed by atoms with Crippen molar-refractivity contribution in [2.75, 3.05) is 19.7 Å². The highest BCUT2D eigenvalue weighted by molar-refractivity contribution is 5.85. The minimum atomic E-state index is -0.442. The van der Waals surface area contributed by atoms with Crippen LogP contribution in [-0.4, -0.2) is 36.5 Å². The maximum atomic E-state index is 11.6. The van der Waals surface area contributed by atoms with Gasteiger partial charge in [0, 0.05) is 19.6 Å². The first kappa shape index (κ1) is 12.7. The maximum Gasteiger partial charge on any atom is 0.176 e. The molecule has 0 spiro atoms. The van der Waals surface area contributed by atoms with Gasteiger partial charge in [0.25, 0.3) is 0 Å². The fraction of sp³-hybridized carbons (Fsp3) is 0.429. The van der Waals surface area contributed by atoms with Crippen molar-refractivity contribution in [2.24, 2.45) is 0 Å². The molecule has 1 atom stereocenters. The highest BCUT2D eigenvalue weighted by atomic mass is 16.5. The molecule has 1 fully saturated rings. The zero-order chi connectivity index (χ0) is 12.8. The first-order valence-corrected chi connectivity index (χ1v) is 6.07. The molecule has 1 aliphatic heterocycles. The third-order valence-electron chi connectivity index (χ3n) is 3.01. The Balaban J connectivity index is 1.91. The molecule has 0 saturated carbocycles. The summed E-state index contributed by atoms with van der Waals surface area (Å²) >= 11 is 0. The molecule has 0 aromatic heterocycles. The highest BCUT2D eigenvalue weighted by Crippen LogP contribution is 2.11. The quantitative estimate of drug-likeness (QED) is 0.802. The molecular formula is C14H16N2O2. The van der Waals surface area contributed by atoms with Crippen LogP contribution >= 0.6 is 0 Å². The van der Waals surface area contributed by atoms with E-state index in [2.05, 4.69) is 17.0 Å². The third-order valence-corrected chi connectivity index (χ3v) is 3.01. The summed E-state index contributed by atoms with van der Waals surface area (Å²) in [7, 11) is 0. The first-order chi connectivity index (χ1) is 8.79. The Hall–Kier alpha value is -1.70. The molecule has 1 aromatic carbocycles. The number of morpholine rings is 1. The number of Topliss-reactive ketones (excluding diaryl/α,β-unsaturated/α-hetero) is 1. The van der Waals surface area contributed by atoms with E-state index >= 15 is 0 Å². The predicted octanol–water partition coefficient (Wildman–Crippen LogP) is 1.37. The molecule has 4 nitrogen and oxygen atoms in total. The van der Waals surface area contributed by atoms with Gasteiger partial charge < -0.3 is 4.74 Å². The number of hydrogen-bond donors (Lipinski definition) is 0. The van der Waals surface area contributed by atoms with Crippen molar-refractivity contribution in [3.05, 3.63) is 35.9 Å². The summed E-state index contributed by atoms with van der Waals surface area (Å²) in [6, 6.07) is 12.0. The van der Waals surface area contributed by atoms with Gasteiger partial charge in [0.05, 0.1) is 19.1 Å². The Kier molecular flexibility index (Phi) is 4.46. The van der Waals surface area contributed by atoms with Gasteiger partial charge in [-0.05, 0) is 5.56 Å². The molecule has 0 radical (unpaired) electrons. The largest absolute Gasteiger partial charge is 0.368 e. The van der Waals surface area contributed by atoms with Gasteiger partial charge >= 0.3 is 0 Å². The van der Waals surface area contributed by atoms with E-state index in [1.54, 1.807) is 0 Å². The molecule has 0 amide bonds. The lowest BCUT2D eigenvalue weighted by molar-refractivity contribution is -0.135. The van der Waals surface area contributed by atoms with Crippen molar-refractivity contribution in [1.82, 2.24) is 4.90 Å². The molecular weight excluding hydrogens is 228 g/mol. The molecule has 0 bridgehead atoms. The second-order valence-corrected chi connectivity index (χ2v) is 4.38. The van der Waals surface area contributed by atoms with Crippen molar-refractivity contribution in [2.45, 2.75) is 19.1 Å². The molecule has 1 heterocycles. The van der Waals surface area contributed by atoms with Crippen molar-refractivity contribution in [3.8, 4) is 6.07 Å². The summed E-state index contributed by atoms with van der Waals surface area (Å²) in [5, 5.41) is 8.53. The van der Waals surface area contributed by atoms with Crippen LogP contribution in [0.15, 0.2) is 30.3 Å². The fourth-order valence-electron chi connectivity index (χ4n) is 2.07. The summed E-state index contributed by atoms with van der Waals surface area (Å²) in [6.45, 7) is 2.77. The van der Waals surface area contributed by atoms with E-state index in [-0.39, 0.29) is 12.2 Å². The summed E-state index contributed by atoms with van der Waals surface area (Å²) in [6.07, 6.45) is -0.508. The van der Waals surface area contributed by atoms with Crippen LogP contribution in [0, 0.1) is 11.3 Å². The summed E-state index contributed by atoms with van der Waals surface area (Å²) < 4.78 is 5.42. The van der Waals surface area contributed by atoms with E-state index in [1.807, 2.05) is 24.3 Å². The van der Waals surface area contributed by atoms with Crippen LogP contribution in [0.5, 0.6) is 0 Å². The van der Waals surface area contributed by atoms with Gasteiger partial charge in [0.1, 0.15) is 6.10 Å². The van der Waals surface area contributed by atoms with E-state index in [0.29, 0.717) is 13.2 Å². The number of nitrogens with zero attached hydrogens (tertiary/aromatic N) is 2. The zero-order valence-electron chi connectivity index (χ0n) is 10.2. The van der Waals surface area contributed by atoms with Gasteiger partial charge in [-0.25, -0.2) is 0 Å². The third kappa shape index (κ3) is 3.39.